The lowest BCUT2D eigenvalue weighted by molar-refractivity contribution is 0.218. The molecule has 12 aromatic carbocycles. The molecule has 0 saturated heterocycles. The van der Waals surface area contributed by atoms with Gasteiger partial charge < -0.3 is 19.6 Å². The van der Waals surface area contributed by atoms with Gasteiger partial charge in [-0.05, 0) is 287 Å². The first-order valence-electron chi connectivity index (χ1n) is 42.3. The number of hydrogen-bond acceptors (Lipinski definition) is 4. The zero-order chi connectivity index (χ0) is 73.2. The third-order valence-corrected chi connectivity index (χ3v) is 31.6. The van der Waals surface area contributed by atoms with E-state index in [0.717, 1.165) is 25.7 Å². The van der Waals surface area contributed by atoms with E-state index in [2.05, 4.69) is 306 Å². The van der Waals surface area contributed by atoms with Crippen molar-refractivity contribution in [2.75, 3.05) is 19.6 Å². The number of hydrogen-bond donors (Lipinski definition) is 0. The maximum atomic E-state index is 2.79. The van der Waals surface area contributed by atoms with Crippen LogP contribution in [0.25, 0.3) is 76.8 Å². The smallest absolute Gasteiger partial charge is 0.0517 e. The molecule has 4 heterocycles. The number of benzene rings is 12. The molecule has 4 fully saturated rings. The third-order valence-electron chi connectivity index (χ3n) is 31.6. The third kappa shape index (κ3) is 9.58. The van der Waals surface area contributed by atoms with Crippen molar-refractivity contribution in [1.29, 1.82) is 0 Å². The summed E-state index contributed by atoms with van der Waals surface area (Å²) in [6, 6.07) is 92.6. The van der Waals surface area contributed by atoms with Crippen LogP contribution in [-0.4, -0.2) is 22.2 Å². The lowest BCUT2D eigenvalue weighted by Crippen LogP contribution is -2.53. The molecule has 4 aliphatic heterocycles. The maximum absolute atomic E-state index is 2.79. The van der Waals surface area contributed by atoms with Gasteiger partial charge in [-0.25, -0.2) is 0 Å². The fourth-order valence-corrected chi connectivity index (χ4v) is 24.9. The van der Waals surface area contributed by atoms with Crippen LogP contribution in [0.1, 0.15) is 232 Å². The highest BCUT2D eigenvalue weighted by Crippen LogP contribution is 2.66. The first-order chi connectivity index (χ1) is 52.5. The minimum Gasteiger partial charge on any atom is -0.334 e. The van der Waals surface area contributed by atoms with Crippen molar-refractivity contribution < 1.29 is 0 Å². The summed E-state index contributed by atoms with van der Waals surface area (Å²) in [4.78, 5) is 11.1. The van der Waals surface area contributed by atoms with E-state index >= 15 is 0 Å². The van der Waals surface area contributed by atoms with Crippen molar-refractivity contribution in [3.63, 3.8) is 0 Å². The zero-order valence-corrected chi connectivity index (χ0v) is 65.7. The van der Waals surface area contributed by atoms with Gasteiger partial charge in [-0.1, -0.05) is 252 Å². The molecule has 108 heavy (non-hydrogen) atoms. The van der Waals surface area contributed by atoms with Gasteiger partial charge in [0.25, 0.3) is 0 Å². The van der Waals surface area contributed by atoms with Crippen LogP contribution < -0.4 is 19.6 Å². The van der Waals surface area contributed by atoms with E-state index in [1.54, 1.807) is 0 Å². The summed E-state index contributed by atoms with van der Waals surface area (Å²) in [6.07, 6.45) is 29.6. The van der Waals surface area contributed by atoms with E-state index in [0.29, 0.717) is 0 Å². The molecule has 4 nitrogen and oxygen atoms in total. The van der Waals surface area contributed by atoms with E-state index in [1.165, 1.54) is 273 Å². The molecular weight excluding hydrogens is 1310 g/mol. The van der Waals surface area contributed by atoms with Crippen molar-refractivity contribution in [3.8, 4) is 44.5 Å². The van der Waals surface area contributed by atoms with Gasteiger partial charge in [-0.3, -0.25) is 0 Å². The molecule has 0 amide bonds. The molecule has 4 saturated carbocycles. The van der Waals surface area contributed by atoms with Crippen LogP contribution in [0.5, 0.6) is 0 Å². The normalized spacial score (nSPS) is 28.3. The Balaban J connectivity index is 0.878. The highest BCUT2D eigenvalue weighted by molar-refractivity contribution is 6.32. The quantitative estimate of drug-likeness (QED) is 0.141. The van der Waals surface area contributed by atoms with Gasteiger partial charge >= 0.3 is 0 Å². The van der Waals surface area contributed by atoms with Gasteiger partial charge in [-0.15, -0.1) is 0 Å². The van der Waals surface area contributed by atoms with Gasteiger partial charge in [0, 0.05) is 67.2 Å². The second-order valence-electron chi connectivity index (χ2n) is 36.7. The predicted molar refractivity (Wildman–Crippen MR) is 460 cm³/mol. The molecule has 8 unspecified atom stereocenters. The highest BCUT2D eigenvalue weighted by atomic mass is 15.3. The van der Waals surface area contributed by atoms with Crippen LogP contribution in [0.4, 0.5) is 45.5 Å². The second-order valence-corrected chi connectivity index (χ2v) is 36.7. The Hall–Kier alpha value is -9.12. The van der Waals surface area contributed by atoms with Gasteiger partial charge in [-0.2, -0.15) is 0 Å². The van der Waals surface area contributed by atoms with Crippen molar-refractivity contribution in [2.24, 2.45) is 0 Å². The summed E-state index contributed by atoms with van der Waals surface area (Å²) in [7, 11) is 0. The van der Waals surface area contributed by atoms with E-state index < -0.39 is 0 Å². The summed E-state index contributed by atoms with van der Waals surface area (Å²) < 4.78 is 0. The van der Waals surface area contributed by atoms with Crippen LogP contribution in [0, 0.1) is 0 Å². The van der Waals surface area contributed by atoms with Crippen molar-refractivity contribution in [1.82, 2.24) is 0 Å². The predicted octanol–water partition coefficient (Wildman–Crippen LogP) is 29.3. The molecule has 20 rings (SSSR count). The van der Waals surface area contributed by atoms with Gasteiger partial charge in [0.2, 0.25) is 0 Å². The second kappa shape index (κ2) is 25.2. The Morgan fingerprint density at radius 2 is 0.407 bits per heavy atom. The molecule has 546 valence electrons. The number of para-hydroxylation sites is 4. The Morgan fingerprint density at radius 3 is 0.620 bits per heavy atom. The maximum Gasteiger partial charge on any atom is 0.0517 e. The number of nitrogens with zero attached hydrogens (tertiary/aromatic N) is 4. The van der Waals surface area contributed by atoms with E-state index in [1.807, 2.05) is 0 Å². The number of rotatable bonds is 8. The fraction of sp³-hybridized carbons (Fsp3) is 0.385. The summed E-state index contributed by atoms with van der Waals surface area (Å²) in [6.45, 7) is 21.1. The fourth-order valence-electron chi connectivity index (χ4n) is 24.9. The summed E-state index contributed by atoms with van der Waals surface area (Å²) in [5, 5.41) is 8.12. The number of fused-ring (bicyclic) bond motifs is 12. The van der Waals surface area contributed by atoms with E-state index in [9.17, 15) is 0 Å². The molecule has 4 aliphatic carbocycles. The minimum atomic E-state index is -0.0953. The number of anilines is 8. The van der Waals surface area contributed by atoms with Crippen LogP contribution in [0.3, 0.4) is 0 Å². The standard InChI is InChI=1S/C104H110N4/c1-97-57-29-9-13-33-61-101(97,5)105(75-37-21-17-22-38-75)91-53-45-71(65-87(91)97)83-69-84(72-46-54-92-88(66-72)98(2)58-30-10-14-34-62-102(98,6)106(92)76-39-23-18-24-40-76)80-51-52-82-86(74-48-56-94-90(68-74)100(4)60-32-12-16-36-64-104(100,8)108(94)78-43-27-20-28-44-78)70-85(81-50-49-79(83)95(80)96(81)82)73-47-55-93-89(67-73)99(3)59-31-11-15-35-63-103(99,7)107(93)77-41-25-19-26-42-77/h17-28,37-56,65-70H,9-16,29-36,57-64H2,1-8H3. The molecule has 0 radical (unpaired) electrons. The lowest BCUT2D eigenvalue weighted by atomic mass is 9.63. The van der Waals surface area contributed by atoms with E-state index in [4.69, 9.17) is 0 Å². The first kappa shape index (κ1) is 68.2. The van der Waals surface area contributed by atoms with Crippen LogP contribution in [-0.2, 0) is 21.7 Å². The van der Waals surface area contributed by atoms with Crippen molar-refractivity contribution >= 4 is 77.8 Å². The molecule has 0 N–H and O–H groups in total. The summed E-state index contributed by atoms with van der Waals surface area (Å²) >= 11 is 0. The minimum absolute atomic E-state index is 0.0771. The highest BCUT2D eigenvalue weighted by Gasteiger charge is 2.61. The molecule has 8 atom stereocenters. The molecule has 4 heteroatoms. The average molecular weight is 1420 g/mol. The van der Waals surface area contributed by atoms with Crippen LogP contribution in [0.2, 0.25) is 0 Å². The Kier molecular flexibility index (Phi) is 15.9. The first-order valence-corrected chi connectivity index (χ1v) is 42.3. The van der Waals surface area contributed by atoms with Crippen LogP contribution >= 0.6 is 0 Å². The Morgan fingerprint density at radius 1 is 0.204 bits per heavy atom. The van der Waals surface area contributed by atoms with E-state index in [-0.39, 0.29) is 43.8 Å². The molecule has 8 aliphatic rings. The Bertz CT molecular complexity index is 4820. The molecular formula is C104H110N4. The SMILES string of the molecule is CC12CCCCCCC1(C)N(c1ccccc1)c1ccc(-c3cc(-c4ccc5c(c4)C4(C)CCCCCCC4(C)N5c4ccccc4)c4ccc5c(-c6ccc7c(c6)C6(C)CCCCCCC6(C)N7c6ccccc6)cc(-c6ccc7c(c6)C6(C)CCCCCCC6(C)N7c6ccccc6)c6ccc3c4c65)cc12. The van der Waals surface area contributed by atoms with Crippen LogP contribution in [0.15, 0.2) is 231 Å². The molecule has 0 spiro atoms. The zero-order valence-electron chi connectivity index (χ0n) is 65.7. The largest absolute Gasteiger partial charge is 0.334 e. The Labute approximate surface area is 644 Å². The van der Waals surface area contributed by atoms with Gasteiger partial charge in [0.15, 0.2) is 0 Å². The van der Waals surface area contributed by atoms with Gasteiger partial charge in [0.05, 0.1) is 22.2 Å². The average Bonchev–Trinajstić information content (AvgIpc) is 1.20. The topological polar surface area (TPSA) is 13.0 Å². The lowest BCUT2D eigenvalue weighted by Gasteiger charge is -2.48. The molecule has 0 bridgehead atoms. The van der Waals surface area contributed by atoms with Crippen molar-refractivity contribution in [2.45, 2.75) is 253 Å². The summed E-state index contributed by atoms with van der Waals surface area (Å²) in [5.74, 6) is 0. The van der Waals surface area contributed by atoms with Crippen molar-refractivity contribution in [3.05, 3.63) is 253 Å². The summed E-state index contributed by atoms with van der Waals surface area (Å²) in [5.41, 5.74) is 26.7. The molecule has 0 aromatic heterocycles. The molecule has 12 aromatic rings. The monoisotopic (exact) mass is 1410 g/mol. The van der Waals surface area contributed by atoms with Gasteiger partial charge in [0.1, 0.15) is 0 Å².